The van der Waals surface area contributed by atoms with Crippen molar-refractivity contribution in [1.82, 2.24) is 9.97 Å². The number of aryl methyl sites for hydroxylation is 1. The molecule has 0 aliphatic rings. The van der Waals surface area contributed by atoms with Crippen molar-refractivity contribution in [1.29, 1.82) is 0 Å². The summed E-state index contributed by atoms with van der Waals surface area (Å²) < 4.78 is 38.7. The molecule has 8 nitrogen and oxygen atoms in total. The molecule has 3 aromatic rings. The Bertz CT molecular complexity index is 1180. The maximum absolute atomic E-state index is 12.9. The maximum atomic E-state index is 12.9. The van der Waals surface area contributed by atoms with Gasteiger partial charge in [-0.25, -0.2) is 14.8 Å². The van der Waals surface area contributed by atoms with Crippen molar-refractivity contribution >= 4 is 34.9 Å². The molecule has 1 aromatic heterocycles. The molecule has 0 fully saturated rings. The predicted molar refractivity (Wildman–Crippen MR) is 120 cm³/mol. The van der Waals surface area contributed by atoms with Crippen LogP contribution < -0.4 is 20.9 Å². The number of benzene rings is 2. The molecule has 0 aliphatic carbocycles. The predicted octanol–water partition coefficient (Wildman–Crippen LogP) is 4.77. The summed E-state index contributed by atoms with van der Waals surface area (Å²) in [6, 6.07) is 10.0. The highest BCUT2D eigenvalue weighted by Gasteiger charge is 2.30. The van der Waals surface area contributed by atoms with E-state index in [-0.39, 0.29) is 11.3 Å². The first-order valence-electron chi connectivity index (χ1n) is 9.72. The molecule has 0 atom stereocenters. The number of halogens is 3. The van der Waals surface area contributed by atoms with Crippen LogP contribution in [0.5, 0.6) is 0 Å². The number of carbonyl (C=O) groups is 2. The summed E-state index contributed by atoms with van der Waals surface area (Å²) in [7, 11) is 3.21. The Labute approximate surface area is 187 Å². The number of nitrogens with one attached hydrogen (secondary N) is 3. The molecule has 0 spiro atoms. The second-order valence-corrected chi connectivity index (χ2v) is 7.06. The molecule has 0 bridgehead atoms. The summed E-state index contributed by atoms with van der Waals surface area (Å²) in [5.41, 5.74) is 0.351. The second-order valence-electron chi connectivity index (χ2n) is 7.06. The van der Waals surface area contributed by atoms with Gasteiger partial charge in [0.2, 0.25) is 0 Å². The van der Waals surface area contributed by atoms with Crippen molar-refractivity contribution in [2.45, 2.75) is 13.1 Å². The van der Waals surface area contributed by atoms with Crippen LogP contribution in [0.3, 0.4) is 0 Å². The molecular weight excluding hydrogens is 437 g/mol. The van der Waals surface area contributed by atoms with Crippen molar-refractivity contribution in [3.05, 3.63) is 71.5 Å². The number of carbonyl (C=O) groups excluding carboxylic acids is 2. The van der Waals surface area contributed by atoms with Crippen molar-refractivity contribution < 1.29 is 22.8 Å². The van der Waals surface area contributed by atoms with Crippen LogP contribution in [0.4, 0.5) is 41.0 Å². The van der Waals surface area contributed by atoms with Gasteiger partial charge in [0, 0.05) is 37.1 Å². The molecule has 0 saturated carbocycles. The van der Waals surface area contributed by atoms with Gasteiger partial charge in [0.25, 0.3) is 5.91 Å². The maximum Gasteiger partial charge on any atom is 0.416 e. The van der Waals surface area contributed by atoms with E-state index in [4.69, 9.17) is 0 Å². The lowest BCUT2D eigenvalue weighted by atomic mass is 10.1. The third kappa shape index (κ3) is 5.76. The first kappa shape index (κ1) is 23.5. The minimum absolute atomic E-state index is 0.00446. The zero-order chi connectivity index (χ0) is 24.2. The van der Waals surface area contributed by atoms with E-state index in [0.29, 0.717) is 22.9 Å². The normalized spacial score (nSPS) is 11.0. The first-order valence-corrected chi connectivity index (χ1v) is 9.72. The smallest absolute Gasteiger partial charge is 0.373 e. The summed E-state index contributed by atoms with van der Waals surface area (Å²) in [5, 5.41) is 8.01. The average molecular weight is 458 g/mol. The molecule has 0 radical (unpaired) electrons. The van der Waals surface area contributed by atoms with Crippen LogP contribution in [-0.2, 0) is 6.18 Å². The molecule has 11 heteroatoms. The molecule has 1 heterocycles. The summed E-state index contributed by atoms with van der Waals surface area (Å²) in [4.78, 5) is 34.6. The second kappa shape index (κ2) is 9.55. The highest BCUT2D eigenvalue weighted by atomic mass is 19.4. The highest BCUT2D eigenvalue weighted by molar-refractivity contribution is 6.06. The van der Waals surface area contributed by atoms with E-state index in [0.717, 1.165) is 12.1 Å². The Morgan fingerprint density at radius 1 is 1.00 bits per heavy atom. The van der Waals surface area contributed by atoms with Crippen LogP contribution in [-0.4, -0.2) is 36.0 Å². The van der Waals surface area contributed by atoms with Gasteiger partial charge in [-0.1, -0.05) is 12.1 Å². The summed E-state index contributed by atoms with van der Waals surface area (Å²) in [6.45, 7) is 1.74. The zero-order valence-electron chi connectivity index (χ0n) is 18.0. The Morgan fingerprint density at radius 3 is 2.45 bits per heavy atom. The topological polar surface area (TPSA) is 99.2 Å². The number of urea groups is 1. The number of hydrogen-bond donors (Lipinski definition) is 3. The van der Waals surface area contributed by atoms with Crippen LogP contribution in [0.15, 0.2) is 54.9 Å². The Morgan fingerprint density at radius 2 is 1.76 bits per heavy atom. The minimum atomic E-state index is -4.52. The van der Waals surface area contributed by atoms with Gasteiger partial charge in [0.1, 0.15) is 18.0 Å². The van der Waals surface area contributed by atoms with Gasteiger partial charge in [-0.2, -0.15) is 13.2 Å². The quantitative estimate of drug-likeness (QED) is 0.512. The van der Waals surface area contributed by atoms with Gasteiger partial charge < -0.3 is 16.0 Å². The van der Waals surface area contributed by atoms with Gasteiger partial charge in [0.15, 0.2) is 0 Å². The molecule has 3 rings (SSSR count). The molecule has 0 aliphatic heterocycles. The fraction of sp³-hybridized carbons (Fsp3) is 0.182. The monoisotopic (exact) mass is 458 g/mol. The van der Waals surface area contributed by atoms with E-state index in [1.807, 2.05) is 0 Å². The molecule has 33 heavy (non-hydrogen) atoms. The molecule has 0 unspecified atom stereocenters. The number of nitrogens with zero attached hydrogens (tertiary/aromatic N) is 3. The van der Waals surface area contributed by atoms with Crippen LogP contribution in [0.1, 0.15) is 21.5 Å². The van der Waals surface area contributed by atoms with Crippen LogP contribution >= 0.6 is 0 Å². The van der Waals surface area contributed by atoms with Gasteiger partial charge in [-0.3, -0.25) is 9.69 Å². The Kier molecular flexibility index (Phi) is 6.80. The number of rotatable bonds is 5. The number of amides is 3. The average Bonchev–Trinajstić information content (AvgIpc) is 2.79. The van der Waals surface area contributed by atoms with Gasteiger partial charge in [0.05, 0.1) is 5.56 Å². The third-order valence-electron chi connectivity index (χ3n) is 4.75. The van der Waals surface area contributed by atoms with Crippen molar-refractivity contribution in [2.24, 2.45) is 0 Å². The van der Waals surface area contributed by atoms with E-state index in [1.54, 1.807) is 26.1 Å². The van der Waals surface area contributed by atoms with E-state index >= 15 is 0 Å². The number of hydrogen-bond acceptors (Lipinski definition) is 5. The van der Waals surface area contributed by atoms with Crippen LogP contribution in [0.2, 0.25) is 0 Å². The fourth-order valence-electron chi connectivity index (χ4n) is 2.84. The van der Waals surface area contributed by atoms with E-state index in [9.17, 15) is 22.8 Å². The van der Waals surface area contributed by atoms with Crippen molar-refractivity contribution in [3.63, 3.8) is 0 Å². The highest BCUT2D eigenvalue weighted by Crippen LogP contribution is 2.31. The third-order valence-corrected chi connectivity index (χ3v) is 4.75. The van der Waals surface area contributed by atoms with E-state index < -0.39 is 23.7 Å². The van der Waals surface area contributed by atoms with E-state index in [1.165, 1.54) is 42.5 Å². The van der Waals surface area contributed by atoms with Crippen LogP contribution in [0.25, 0.3) is 0 Å². The SMILES string of the molecule is CNc1cc(N(C)C(=O)Nc2cc(C(=O)Nc3cccc(C(F)(F)F)c3)ccc2C)ncn1. The summed E-state index contributed by atoms with van der Waals surface area (Å²) in [5.74, 6) is 0.264. The lowest BCUT2D eigenvalue weighted by Gasteiger charge is -2.18. The number of aromatic nitrogens is 2. The van der Waals surface area contributed by atoms with Gasteiger partial charge >= 0.3 is 12.2 Å². The summed E-state index contributed by atoms with van der Waals surface area (Å²) >= 11 is 0. The number of anilines is 4. The summed E-state index contributed by atoms with van der Waals surface area (Å²) in [6.07, 6.45) is -3.21. The Balaban J connectivity index is 1.76. The van der Waals surface area contributed by atoms with E-state index in [2.05, 4.69) is 25.9 Å². The molecule has 3 N–H and O–H groups in total. The van der Waals surface area contributed by atoms with Crippen LogP contribution in [0, 0.1) is 6.92 Å². The molecular formula is C22H21F3N6O2. The first-order chi connectivity index (χ1) is 15.6. The minimum Gasteiger partial charge on any atom is -0.373 e. The molecule has 3 amide bonds. The van der Waals surface area contributed by atoms with Gasteiger partial charge in [-0.15, -0.1) is 0 Å². The largest absolute Gasteiger partial charge is 0.416 e. The molecule has 2 aromatic carbocycles. The standard InChI is InChI=1S/C22H21F3N6O2/c1-13-7-8-14(20(32)29-16-6-4-5-15(10-16)22(23,24)25)9-17(13)30-21(33)31(3)19-11-18(26-2)27-12-28-19/h4-12H,1-3H3,(H,29,32)(H,30,33)(H,26,27,28). The Hall–Kier alpha value is -4.15. The molecule has 0 saturated heterocycles. The zero-order valence-corrected chi connectivity index (χ0v) is 18.0. The number of alkyl halides is 3. The van der Waals surface area contributed by atoms with Crippen molar-refractivity contribution in [3.8, 4) is 0 Å². The lowest BCUT2D eigenvalue weighted by molar-refractivity contribution is -0.137. The lowest BCUT2D eigenvalue weighted by Crippen LogP contribution is -2.32. The van der Waals surface area contributed by atoms with Gasteiger partial charge in [-0.05, 0) is 42.8 Å². The van der Waals surface area contributed by atoms with Crippen molar-refractivity contribution in [2.75, 3.05) is 34.9 Å². The fourth-order valence-corrected chi connectivity index (χ4v) is 2.84. The molecule has 172 valence electrons.